The smallest absolute Gasteiger partial charge is 0.259 e. The topological polar surface area (TPSA) is 19.4 Å². The summed E-state index contributed by atoms with van der Waals surface area (Å²) in [7, 11) is 8.24. The molecule has 0 amide bonds. The standard InChI is InChI=1S/C16H18N3S.HI/c1-18(2)11-5-7-13-15(9-11)20-16-10-12(19(3)4)6-8-14(16)17-13;/h5-10H,1-4H3;1H/q+1;/p-1. The summed E-state index contributed by atoms with van der Waals surface area (Å²) in [6.45, 7) is 0. The van der Waals surface area contributed by atoms with Crippen LogP contribution in [0.25, 0.3) is 20.4 Å². The molecular weight excluding hydrogens is 393 g/mol. The van der Waals surface area contributed by atoms with Crippen molar-refractivity contribution in [3.05, 3.63) is 36.4 Å². The van der Waals surface area contributed by atoms with Crippen LogP contribution in [0.5, 0.6) is 0 Å². The second-order valence-electron chi connectivity index (χ2n) is 5.31. The highest BCUT2D eigenvalue weighted by atomic mass is 127. The first-order chi connectivity index (χ1) is 9.54. The van der Waals surface area contributed by atoms with Gasteiger partial charge in [-0.3, -0.25) is 0 Å². The molecular formula is C16H18IN3S. The molecule has 0 saturated carbocycles. The maximum atomic E-state index is 4.75. The lowest BCUT2D eigenvalue weighted by Gasteiger charge is -2.11. The van der Waals surface area contributed by atoms with Crippen molar-refractivity contribution < 1.29 is 24.0 Å². The second kappa shape index (κ2) is 6.27. The van der Waals surface area contributed by atoms with Gasteiger partial charge in [-0.05, 0) is 24.3 Å². The summed E-state index contributed by atoms with van der Waals surface area (Å²) >= 11 is 1.80. The van der Waals surface area contributed by atoms with E-state index in [1.807, 2.05) is 0 Å². The monoisotopic (exact) mass is 411 g/mol. The molecule has 2 aromatic carbocycles. The van der Waals surface area contributed by atoms with Crippen molar-refractivity contribution in [1.82, 2.24) is 4.98 Å². The maximum Gasteiger partial charge on any atom is 0.259 e. The Bertz CT molecular complexity index is 724. The lowest BCUT2D eigenvalue weighted by atomic mass is 10.2. The molecule has 0 aliphatic heterocycles. The normalized spacial score (nSPS) is 10.5. The van der Waals surface area contributed by atoms with E-state index in [-0.39, 0.29) is 24.0 Å². The molecule has 0 saturated heterocycles. The second-order valence-corrected chi connectivity index (χ2v) is 6.39. The Kier molecular flexibility index (Phi) is 4.83. The van der Waals surface area contributed by atoms with Crippen LogP contribution >= 0.6 is 11.3 Å². The molecule has 0 N–H and O–H groups in total. The molecule has 0 aliphatic rings. The number of fused-ring (bicyclic) bond motifs is 2. The Labute approximate surface area is 146 Å². The van der Waals surface area contributed by atoms with E-state index in [0.717, 1.165) is 11.0 Å². The van der Waals surface area contributed by atoms with Gasteiger partial charge in [-0.1, -0.05) is 0 Å². The van der Waals surface area contributed by atoms with E-state index in [0.29, 0.717) is 0 Å². The third-order valence-corrected chi connectivity index (χ3v) is 4.47. The molecule has 1 heterocycles. The van der Waals surface area contributed by atoms with Crippen LogP contribution in [0.3, 0.4) is 0 Å². The number of nitrogens with zero attached hydrogens (tertiary/aromatic N) is 3. The predicted molar refractivity (Wildman–Crippen MR) is 90.2 cm³/mol. The van der Waals surface area contributed by atoms with Crippen molar-refractivity contribution >= 4 is 43.1 Å². The van der Waals surface area contributed by atoms with E-state index < -0.39 is 0 Å². The van der Waals surface area contributed by atoms with Crippen LogP contribution in [0.15, 0.2) is 36.4 Å². The number of benzene rings is 2. The molecule has 21 heavy (non-hydrogen) atoms. The third kappa shape index (κ3) is 3.18. The van der Waals surface area contributed by atoms with Crippen LogP contribution in [0.1, 0.15) is 0 Å². The van der Waals surface area contributed by atoms with Gasteiger partial charge < -0.3 is 33.8 Å². The third-order valence-electron chi connectivity index (χ3n) is 3.38. The van der Waals surface area contributed by atoms with E-state index >= 15 is 0 Å². The molecule has 0 radical (unpaired) electrons. The van der Waals surface area contributed by atoms with E-state index in [4.69, 9.17) is 4.98 Å². The number of rotatable bonds is 2. The predicted octanol–water partition coefficient (Wildman–Crippen LogP) is 0.867. The van der Waals surface area contributed by atoms with Gasteiger partial charge in [-0.2, -0.15) is 0 Å². The molecule has 0 fully saturated rings. The van der Waals surface area contributed by atoms with Crippen LogP contribution in [0, 0.1) is 0 Å². The first kappa shape index (κ1) is 16.2. The van der Waals surface area contributed by atoms with Gasteiger partial charge in [0.05, 0.1) is 0 Å². The highest BCUT2D eigenvalue weighted by molar-refractivity contribution is 7.24. The fourth-order valence-corrected chi connectivity index (χ4v) is 3.19. The summed E-state index contributed by atoms with van der Waals surface area (Å²) in [6, 6.07) is 12.8. The van der Waals surface area contributed by atoms with Crippen LogP contribution in [0.4, 0.5) is 11.4 Å². The number of hydrogen-bond donors (Lipinski definition) is 0. The molecule has 0 unspecified atom stereocenters. The van der Waals surface area contributed by atoms with Crippen LogP contribution in [0.2, 0.25) is 0 Å². The average Bonchev–Trinajstić information content (AvgIpc) is 2.43. The van der Waals surface area contributed by atoms with Gasteiger partial charge in [0.2, 0.25) is 11.3 Å². The van der Waals surface area contributed by atoms with Gasteiger partial charge in [0, 0.05) is 51.7 Å². The maximum absolute atomic E-state index is 4.75. The highest BCUT2D eigenvalue weighted by Gasteiger charge is 2.14. The van der Waals surface area contributed by atoms with Crippen LogP contribution in [-0.2, 0) is 0 Å². The number of aromatic nitrogens is 1. The van der Waals surface area contributed by atoms with E-state index in [2.05, 4.69) is 74.4 Å². The largest absolute Gasteiger partial charge is 1.00 e. The van der Waals surface area contributed by atoms with Crippen molar-refractivity contribution in [1.29, 1.82) is 0 Å². The molecule has 0 bridgehead atoms. The summed E-state index contributed by atoms with van der Waals surface area (Å²) in [5, 5.41) is 0. The van der Waals surface area contributed by atoms with Crippen molar-refractivity contribution in [2.45, 2.75) is 0 Å². The van der Waals surface area contributed by atoms with Gasteiger partial charge in [0.1, 0.15) is 11.0 Å². The molecule has 0 aliphatic carbocycles. The number of anilines is 2. The Hall–Kier alpha value is -1.21. The fraction of sp³-hybridized carbons (Fsp3) is 0.250. The molecule has 3 nitrogen and oxygen atoms in total. The quantitative estimate of drug-likeness (QED) is 0.355. The minimum atomic E-state index is 0. The van der Waals surface area contributed by atoms with Gasteiger partial charge in [0.25, 0.3) is 9.40 Å². The first-order valence-corrected chi connectivity index (χ1v) is 7.38. The zero-order valence-corrected chi connectivity index (χ0v) is 15.6. The van der Waals surface area contributed by atoms with Crippen molar-refractivity contribution in [2.24, 2.45) is 0 Å². The summed E-state index contributed by atoms with van der Waals surface area (Å²) in [5.41, 5.74) is 4.54. The molecule has 110 valence electrons. The Morgan fingerprint density at radius 3 is 1.57 bits per heavy atom. The van der Waals surface area contributed by atoms with E-state index in [1.165, 1.54) is 20.8 Å². The zero-order chi connectivity index (χ0) is 14.3. The minimum absolute atomic E-state index is 0. The molecule has 1 aromatic heterocycles. The summed E-state index contributed by atoms with van der Waals surface area (Å²) in [5.74, 6) is 0. The molecule has 0 spiro atoms. The van der Waals surface area contributed by atoms with E-state index in [1.54, 1.807) is 11.3 Å². The average molecular weight is 411 g/mol. The Morgan fingerprint density at radius 2 is 1.19 bits per heavy atom. The molecule has 5 heteroatoms. The minimum Gasteiger partial charge on any atom is -1.00 e. The lowest BCUT2D eigenvalue weighted by molar-refractivity contribution is -0.00000406. The summed E-state index contributed by atoms with van der Waals surface area (Å²) in [4.78, 5) is 8.99. The SMILES string of the molecule is CN(C)c1ccc2nc3ccc(N(C)C)cc3[s+]c2c1.[I-]. The van der Waals surface area contributed by atoms with Crippen molar-refractivity contribution in [2.75, 3.05) is 38.0 Å². The molecule has 0 atom stereocenters. The van der Waals surface area contributed by atoms with Crippen LogP contribution in [-0.4, -0.2) is 33.2 Å². The summed E-state index contributed by atoms with van der Waals surface area (Å²) < 4.78 is 2.44. The zero-order valence-electron chi connectivity index (χ0n) is 12.6. The Balaban J connectivity index is 0.00000161. The molecule has 3 rings (SSSR count). The van der Waals surface area contributed by atoms with Gasteiger partial charge in [-0.15, -0.1) is 0 Å². The van der Waals surface area contributed by atoms with Gasteiger partial charge in [-0.25, -0.2) is 4.98 Å². The Morgan fingerprint density at radius 1 is 0.762 bits per heavy atom. The lowest BCUT2D eigenvalue weighted by Crippen LogP contribution is -3.00. The highest BCUT2D eigenvalue weighted by Crippen LogP contribution is 2.30. The number of hydrogen-bond acceptors (Lipinski definition) is 3. The first-order valence-electron chi connectivity index (χ1n) is 6.57. The molecule has 3 aromatic rings. The number of halogens is 1. The van der Waals surface area contributed by atoms with Gasteiger partial charge in [0.15, 0.2) is 0 Å². The van der Waals surface area contributed by atoms with E-state index in [9.17, 15) is 0 Å². The van der Waals surface area contributed by atoms with Gasteiger partial charge >= 0.3 is 0 Å². The fourth-order valence-electron chi connectivity index (χ4n) is 2.16. The van der Waals surface area contributed by atoms with Crippen LogP contribution < -0.4 is 33.8 Å². The van der Waals surface area contributed by atoms with Crippen molar-refractivity contribution in [3.63, 3.8) is 0 Å². The summed E-state index contributed by atoms with van der Waals surface area (Å²) in [6.07, 6.45) is 0. The van der Waals surface area contributed by atoms with Crippen molar-refractivity contribution in [3.8, 4) is 0 Å².